The fourth-order valence-corrected chi connectivity index (χ4v) is 1.11. The second kappa shape index (κ2) is 2.05. The largest absolute Gasteiger partial charge is 0.343 e. The van der Waals surface area contributed by atoms with Crippen molar-refractivity contribution >= 4 is 11.0 Å². The Bertz CT molecular complexity index is 392. The maximum atomic E-state index is 12.9. The minimum Gasteiger partial charge on any atom is -0.343 e. The van der Waals surface area contributed by atoms with Gasteiger partial charge in [-0.25, -0.2) is 9.37 Å². The SMILES string of the molecule is Cc1[c]cnc2[nH]cc(F)c12. The summed E-state index contributed by atoms with van der Waals surface area (Å²) >= 11 is 0. The maximum Gasteiger partial charge on any atom is 0.150 e. The number of nitrogens with one attached hydrogen (secondary N) is 1. The topological polar surface area (TPSA) is 28.7 Å². The first-order valence-corrected chi connectivity index (χ1v) is 3.29. The van der Waals surface area contributed by atoms with E-state index < -0.39 is 0 Å². The average molecular weight is 149 g/mol. The summed E-state index contributed by atoms with van der Waals surface area (Å²) in [5.74, 6) is -0.262. The first-order chi connectivity index (χ1) is 5.29. The van der Waals surface area contributed by atoms with Gasteiger partial charge >= 0.3 is 0 Å². The number of hydrogen-bond acceptors (Lipinski definition) is 1. The van der Waals surface area contributed by atoms with Crippen LogP contribution >= 0.6 is 0 Å². The number of nitrogens with zero attached hydrogens (tertiary/aromatic N) is 1. The molecule has 0 atom stereocenters. The number of halogens is 1. The van der Waals surface area contributed by atoms with Crippen LogP contribution in [0.15, 0.2) is 12.4 Å². The molecule has 0 fully saturated rings. The van der Waals surface area contributed by atoms with Crippen LogP contribution in [0, 0.1) is 18.8 Å². The Labute approximate surface area is 63.1 Å². The molecule has 2 aromatic rings. The molecule has 0 saturated heterocycles. The summed E-state index contributed by atoms with van der Waals surface area (Å²) < 4.78 is 12.9. The van der Waals surface area contributed by atoms with E-state index in [1.54, 1.807) is 6.92 Å². The van der Waals surface area contributed by atoms with Gasteiger partial charge in [0.15, 0.2) is 0 Å². The molecule has 55 valence electrons. The van der Waals surface area contributed by atoms with E-state index in [-0.39, 0.29) is 5.82 Å². The van der Waals surface area contributed by atoms with Crippen molar-refractivity contribution < 1.29 is 4.39 Å². The molecule has 0 unspecified atom stereocenters. The van der Waals surface area contributed by atoms with Crippen LogP contribution in [0.3, 0.4) is 0 Å². The second-order valence-corrected chi connectivity index (χ2v) is 2.39. The minimum atomic E-state index is -0.262. The molecule has 0 bridgehead atoms. The van der Waals surface area contributed by atoms with E-state index in [4.69, 9.17) is 0 Å². The third kappa shape index (κ3) is 0.808. The molecule has 0 saturated carbocycles. The normalized spacial score (nSPS) is 10.7. The van der Waals surface area contributed by atoms with Gasteiger partial charge in [-0.3, -0.25) is 0 Å². The molecule has 0 aliphatic heterocycles. The highest BCUT2D eigenvalue weighted by atomic mass is 19.1. The Morgan fingerprint density at radius 3 is 3.18 bits per heavy atom. The molecular weight excluding hydrogens is 143 g/mol. The van der Waals surface area contributed by atoms with Crippen molar-refractivity contribution in [2.24, 2.45) is 0 Å². The third-order valence-electron chi connectivity index (χ3n) is 1.66. The average Bonchev–Trinajstić information content (AvgIpc) is 2.34. The van der Waals surface area contributed by atoms with E-state index in [0.717, 1.165) is 5.56 Å². The Morgan fingerprint density at radius 1 is 1.64 bits per heavy atom. The lowest BCUT2D eigenvalue weighted by Crippen LogP contribution is -1.80. The Morgan fingerprint density at radius 2 is 2.45 bits per heavy atom. The Hall–Kier alpha value is -1.38. The summed E-state index contributed by atoms with van der Waals surface area (Å²) in [6.45, 7) is 1.81. The van der Waals surface area contributed by atoms with Crippen LogP contribution in [-0.2, 0) is 0 Å². The van der Waals surface area contributed by atoms with Crippen LogP contribution in [0.4, 0.5) is 4.39 Å². The summed E-state index contributed by atoms with van der Waals surface area (Å²) in [6, 6.07) is 2.83. The molecular formula is C8H6FN2. The molecule has 0 spiro atoms. The van der Waals surface area contributed by atoms with Gasteiger partial charge in [-0.2, -0.15) is 0 Å². The number of aromatic nitrogens is 2. The standard InChI is InChI=1S/C8H6FN2/c1-5-2-3-10-8-7(5)6(9)4-11-8/h3-4H,1H3,(H,10,11). The summed E-state index contributed by atoms with van der Waals surface area (Å²) in [4.78, 5) is 6.63. The molecule has 3 heteroatoms. The molecule has 2 heterocycles. The highest BCUT2D eigenvalue weighted by molar-refractivity contribution is 5.79. The fourth-order valence-electron chi connectivity index (χ4n) is 1.11. The van der Waals surface area contributed by atoms with Gasteiger partial charge in [0.1, 0.15) is 11.5 Å². The lowest BCUT2D eigenvalue weighted by Gasteiger charge is -1.91. The minimum absolute atomic E-state index is 0.262. The predicted octanol–water partition coefficient (Wildman–Crippen LogP) is 1.81. The molecule has 1 radical (unpaired) electrons. The van der Waals surface area contributed by atoms with Crippen LogP contribution in [0.2, 0.25) is 0 Å². The van der Waals surface area contributed by atoms with Crippen molar-refractivity contribution in [1.29, 1.82) is 0 Å². The quantitative estimate of drug-likeness (QED) is 0.608. The third-order valence-corrected chi connectivity index (χ3v) is 1.66. The van der Waals surface area contributed by atoms with Crippen molar-refractivity contribution in [3.8, 4) is 0 Å². The molecule has 0 amide bonds. The van der Waals surface area contributed by atoms with Crippen molar-refractivity contribution in [3.05, 3.63) is 29.8 Å². The zero-order valence-electron chi connectivity index (χ0n) is 5.98. The number of aryl methyl sites for hydroxylation is 1. The first kappa shape index (κ1) is 6.34. The molecule has 2 aromatic heterocycles. The van der Waals surface area contributed by atoms with Gasteiger partial charge in [-0.15, -0.1) is 0 Å². The molecule has 0 aliphatic carbocycles. The zero-order valence-corrected chi connectivity index (χ0v) is 5.98. The lowest BCUT2D eigenvalue weighted by atomic mass is 10.2. The van der Waals surface area contributed by atoms with E-state index in [1.807, 2.05) is 0 Å². The summed E-state index contributed by atoms with van der Waals surface area (Å²) in [5.41, 5.74) is 1.37. The molecule has 1 N–H and O–H groups in total. The van der Waals surface area contributed by atoms with Gasteiger partial charge in [-0.05, 0) is 12.5 Å². The van der Waals surface area contributed by atoms with Gasteiger partial charge in [-0.1, -0.05) is 0 Å². The molecule has 11 heavy (non-hydrogen) atoms. The number of aromatic amines is 1. The van der Waals surface area contributed by atoms with E-state index in [9.17, 15) is 4.39 Å². The van der Waals surface area contributed by atoms with E-state index in [1.165, 1.54) is 12.4 Å². The van der Waals surface area contributed by atoms with E-state index in [2.05, 4.69) is 16.0 Å². The van der Waals surface area contributed by atoms with Crippen molar-refractivity contribution in [2.45, 2.75) is 6.92 Å². The number of H-pyrrole nitrogens is 1. The highest BCUT2D eigenvalue weighted by Gasteiger charge is 2.04. The summed E-state index contributed by atoms with van der Waals surface area (Å²) in [5, 5.41) is 0.535. The fraction of sp³-hybridized carbons (Fsp3) is 0.125. The molecule has 0 aliphatic rings. The van der Waals surface area contributed by atoms with Crippen LogP contribution in [0.5, 0.6) is 0 Å². The van der Waals surface area contributed by atoms with Gasteiger partial charge in [0.2, 0.25) is 0 Å². The van der Waals surface area contributed by atoms with E-state index >= 15 is 0 Å². The summed E-state index contributed by atoms with van der Waals surface area (Å²) in [6.07, 6.45) is 2.84. The van der Waals surface area contributed by atoms with Gasteiger partial charge in [0.25, 0.3) is 0 Å². The van der Waals surface area contributed by atoms with Crippen molar-refractivity contribution in [1.82, 2.24) is 9.97 Å². The first-order valence-electron chi connectivity index (χ1n) is 3.29. The van der Waals surface area contributed by atoms with Crippen LogP contribution < -0.4 is 0 Å². The van der Waals surface area contributed by atoms with Gasteiger partial charge in [0, 0.05) is 18.5 Å². The predicted molar refractivity (Wildman–Crippen MR) is 39.6 cm³/mol. The van der Waals surface area contributed by atoms with Crippen molar-refractivity contribution in [3.63, 3.8) is 0 Å². The van der Waals surface area contributed by atoms with Gasteiger partial charge in [0.05, 0.1) is 5.39 Å². The van der Waals surface area contributed by atoms with Crippen LogP contribution in [-0.4, -0.2) is 9.97 Å². The monoisotopic (exact) mass is 149 g/mol. The molecule has 2 rings (SSSR count). The Kier molecular flexibility index (Phi) is 1.18. The van der Waals surface area contributed by atoms with Crippen molar-refractivity contribution in [2.75, 3.05) is 0 Å². The highest BCUT2D eigenvalue weighted by Crippen LogP contribution is 2.17. The summed E-state index contributed by atoms with van der Waals surface area (Å²) in [7, 11) is 0. The molecule has 0 aromatic carbocycles. The van der Waals surface area contributed by atoms with E-state index in [0.29, 0.717) is 11.0 Å². The number of hydrogen-bond donors (Lipinski definition) is 1. The second-order valence-electron chi connectivity index (χ2n) is 2.39. The van der Waals surface area contributed by atoms with Gasteiger partial charge < -0.3 is 4.98 Å². The molecule has 2 nitrogen and oxygen atoms in total. The van der Waals surface area contributed by atoms with Crippen LogP contribution in [0.1, 0.15) is 5.56 Å². The lowest BCUT2D eigenvalue weighted by molar-refractivity contribution is 0.639. The smallest absolute Gasteiger partial charge is 0.150 e. The number of pyridine rings is 1. The number of fused-ring (bicyclic) bond motifs is 1. The maximum absolute atomic E-state index is 12.9. The van der Waals surface area contributed by atoms with Crippen LogP contribution in [0.25, 0.3) is 11.0 Å². The Balaban J connectivity index is 2.96. The number of rotatable bonds is 0. The zero-order chi connectivity index (χ0) is 7.84.